The summed E-state index contributed by atoms with van der Waals surface area (Å²) in [5.41, 5.74) is 1.12. The Balaban J connectivity index is 1.49. The summed E-state index contributed by atoms with van der Waals surface area (Å²) >= 11 is 0. The molecule has 2 saturated heterocycles. The minimum absolute atomic E-state index is 0.115. The fourth-order valence-electron chi connectivity index (χ4n) is 3.50. The van der Waals surface area contributed by atoms with E-state index < -0.39 is 16.3 Å². The van der Waals surface area contributed by atoms with Crippen molar-refractivity contribution >= 4 is 16.1 Å². The molecule has 1 aromatic heterocycles. The van der Waals surface area contributed by atoms with Crippen LogP contribution in [0.15, 0.2) is 24.5 Å². The van der Waals surface area contributed by atoms with E-state index in [2.05, 4.69) is 10.3 Å². The lowest BCUT2D eigenvalue weighted by Crippen LogP contribution is -2.49. The molecule has 144 valence electrons. The lowest BCUT2D eigenvalue weighted by atomic mass is 9.93. The fourth-order valence-corrected chi connectivity index (χ4v) is 4.64. The first-order valence-corrected chi connectivity index (χ1v) is 10.3. The number of carbonyl (C=O) groups excluding carboxylic acids is 1. The third-order valence-corrected chi connectivity index (χ3v) is 6.96. The van der Waals surface area contributed by atoms with Gasteiger partial charge in [0.05, 0.1) is 6.10 Å². The molecule has 0 spiro atoms. The predicted molar refractivity (Wildman–Crippen MR) is 96.5 cm³/mol. The second-order valence-electron chi connectivity index (χ2n) is 6.99. The second-order valence-corrected chi connectivity index (χ2v) is 9.13. The normalized spacial score (nSPS) is 26.7. The van der Waals surface area contributed by atoms with Crippen molar-refractivity contribution < 1.29 is 17.9 Å². The van der Waals surface area contributed by atoms with Crippen LogP contribution in [0, 0.1) is 5.92 Å². The van der Waals surface area contributed by atoms with Crippen LogP contribution < -0.4 is 5.32 Å². The molecule has 3 rings (SSSR count). The number of ether oxygens (including phenoxy) is 1. The molecule has 0 bridgehead atoms. The molecule has 2 aliphatic rings. The third kappa shape index (κ3) is 4.22. The molecular weight excluding hydrogens is 356 g/mol. The van der Waals surface area contributed by atoms with Gasteiger partial charge in [-0.25, -0.2) is 0 Å². The number of pyridine rings is 1. The van der Waals surface area contributed by atoms with E-state index in [1.165, 1.54) is 22.7 Å². The van der Waals surface area contributed by atoms with Gasteiger partial charge in [0.15, 0.2) is 0 Å². The molecule has 2 aliphatic heterocycles. The van der Waals surface area contributed by atoms with E-state index in [-0.39, 0.29) is 17.9 Å². The number of fused-ring (bicyclic) bond motifs is 1. The van der Waals surface area contributed by atoms with Crippen molar-refractivity contribution in [3.8, 4) is 0 Å². The third-order valence-electron chi connectivity index (χ3n) is 5.06. The minimum atomic E-state index is -3.44. The summed E-state index contributed by atoms with van der Waals surface area (Å²) in [6.07, 6.45) is 4.87. The maximum absolute atomic E-state index is 12.4. The molecule has 3 atom stereocenters. The van der Waals surface area contributed by atoms with Crippen LogP contribution in [0.25, 0.3) is 0 Å². The Morgan fingerprint density at radius 3 is 2.81 bits per heavy atom. The SMILES string of the molecule is CN(C)S(=O)(=O)N1CC[C@H]2C[C@@H](C(=O)NCCc3ccncc3)O[C@@H]2C1. The number of piperidine rings is 1. The van der Waals surface area contributed by atoms with E-state index in [0.29, 0.717) is 26.1 Å². The highest BCUT2D eigenvalue weighted by Gasteiger charge is 2.44. The van der Waals surface area contributed by atoms with E-state index in [9.17, 15) is 13.2 Å². The number of rotatable bonds is 6. The molecule has 26 heavy (non-hydrogen) atoms. The number of nitrogens with zero attached hydrogens (tertiary/aromatic N) is 3. The van der Waals surface area contributed by atoms with Crippen LogP contribution in [0.3, 0.4) is 0 Å². The Hall–Kier alpha value is -1.55. The number of carbonyl (C=O) groups is 1. The highest BCUT2D eigenvalue weighted by Crippen LogP contribution is 2.34. The van der Waals surface area contributed by atoms with Crippen LogP contribution >= 0.6 is 0 Å². The molecule has 0 radical (unpaired) electrons. The molecule has 1 amide bonds. The van der Waals surface area contributed by atoms with Crippen LogP contribution in [-0.2, 0) is 26.2 Å². The molecular formula is C17H26N4O4S. The standard InChI is InChI=1S/C17H26N4O4S/c1-20(2)26(23,24)21-10-6-14-11-15(25-16(14)12-21)17(22)19-9-5-13-3-7-18-8-4-13/h3-4,7-8,14-16H,5-6,9-12H2,1-2H3,(H,19,22)/t14-,15-,16+/m0/s1. The van der Waals surface area contributed by atoms with Crippen molar-refractivity contribution in [2.24, 2.45) is 5.92 Å². The Labute approximate surface area is 154 Å². The molecule has 2 fully saturated rings. The largest absolute Gasteiger partial charge is 0.363 e. The highest BCUT2D eigenvalue weighted by molar-refractivity contribution is 7.86. The van der Waals surface area contributed by atoms with Crippen LogP contribution in [0.2, 0.25) is 0 Å². The zero-order chi connectivity index (χ0) is 18.7. The molecule has 9 heteroatoms. The molecule has 1 aromatic rings. The van der Waals surface area contributed by atoms with Crippen LogP contribution in [0.1, 0.15) is 18.4 Å². The lowest BCUT2D eigenvalue weighted by molar-refractivity contribution is -0.132. The quantitative estimate of drug-likeness (QED) is 0.749. The van der Waals surface area contributed by atoms with Gasteiger partial charge in [0.25, 0.3) is 10.2 Å². The average molecular weight is 382 g/mol. The minimum Gasteiger partial charge on any atom is -0.363 e. The van der Waals surface area contributed by atoms with Crippen molar-refractivity contribution in [3.63, 3.8) is 0 Å². The number of nitrogens with one attached hydrogen (secondary N) is 1. The average Bonchev–Trinajstić information content (AvgIpc) is 3.05. The molecule has 0 aliphatic carbocycles. The maximum atomic E-state index is 12.4. The van der Waals surface area contributed by atoms with Gasteiger partial charge in [-0.05, 0) is 42.9 Å². The van der Waals surface area contributed by atoms with Crippen molar-refractivity contribution in [2.75, 3.05) is 33.7 Å². The number of aromatic nitrogens is 1. The van der Waals surface area contributed by atoms with E-state index >= 15 is 0 Å². The van der Waals surface area contributed by atoms with Crippen LogP contribution in [-0.4, -0.2) is 73.9 Å². The number of amides is 1. The van der Waals surface area contributed by atoms with E-state index in [0.717, 1.165) is 18.4 Å². The predicted octanol–water partition coefficient (Wildman–Crippen LogP) is 0.0261. The first-order chi connectivity index (χ1) is 12.4. The first-order valence-electron chi connectivity index (χ1n) is 8.87. The van der Waals surface area contributed by atoms with Gasteiger partial charge >= 0.3 is 0 Å². The van der Waals surface area contributed by atoms with Gasteiger partial charge in [-0.3, -0.25) is 9.78 Å². The molecule has 0 unspecified atom stereocenters. The second kappa shape index (κ2) is 7.99. The smallest absolute Gasteiger partial charge is 0.281 e. The molecule has 0 saturated carbocycles. The van der Waals surface area contributed by atoms with E-state index in [1.807, 2.05) is 12.1 Å². The van der Waals surface area contributed by atoms with Crippen molar-refractivity contribution in [1.82, 2.24) is 18.9 Å². The monoisotopic (exact) mass is 382 g/mol. The van der Waals surface area contributed by atoms with Crippen LogP contribution in [0.4, 0.5) is 0 Å². The Bertz CT molecular complexity index is 726. The summed E-state index contributed by atoms with van der Waals surface area (Å²) in [6, 6.07) is 3.85. The first kappa shape index (κ1) is 19.2. The summed E-state index contributed by atoms with van der Waals surface area (Å²) in [6.45, 7) is 1.33. The zero-order valence-electron chi connectivity index (χ0n) is 15.2. The van der Waals surface area contributed by atoms with Gasteiger partial charge in [0.1, 0.15) is 6.10 Å². The number of hydrogen-bond acceptors (Lipinski definition) is 5. The summed E-state index contributed by atoms with van der Waals surface area (Å²) in [7, 11) is -0.393. The van der Waals surface area contributed by atoms with Crippen molar-refractivity contribution in [2.45, 2.75) is 31.5 Å². The summed E-state index contributed by atoms with van der Waals surface area (Å²) in [4.78, 5) is 16.3. The van der Waals surface area contributed by atoms with E-state index in [4.69, 9.17) is 4.74 Å². The van der Waals surface area contributed by atoms with Crippen molar-refractivity contribution in [3.05, 3.63) is 30.1 Å². The van der Waals surface area contributed by atoms with Gasteiger partial charge in [-0.15, -0.1) is 0 Å². The molecule has 1 N–H and O–H groups in total. The molecule has 8 nitrogen and oxygen atoms in total. The van der Waals surface area contributed by atoms with Gasteiger partial charge in [-0.1, -0.05) is 0 Å². The lowest BCUT2D eigenvalue weighted by Gasteiger charge is -2.34. The van der Waals surface area contributed by atoms with Gasteiger partial charge in [0.2, 0.25) is 5.91 Å². The number of hydrogen-bond donors (Lipinski definition) is 1. The highest BCUT2D eigenvalue weighted by atomic mass is 32.2. The van der Waals surface area contributed by atoms with Crippen LogP contribution in [0.5, 0.6) is 0 Å². The fraction of sp³-hybridized carbons (Fsp3) is 0.647. The van der Waals surface area contributed by atoms with Gasteiger partial charge in [0, 0.05) is 46.1 Å². The maximum Gasteiger partial charge on any atom is 0.281 e. The summed E-state index contributed by atoms with van der Waals surface area (Å²) in [5.74, 6) is 0.120. The van der Waals surface area contributed by atoms with Crippen molar-refractivity contribution in [1.29, 1.82) is 0 Å². The topological polar surface area (TPSA) is 91.8 Å². The van der Waals surface area contributed by atoms with Gasteiger partial charge < -0.3 is 10.1 Å². The van der Waals surface area contributed by atoms with E-state index in [1.54, 1.807) is 12.4 Å². The molecule has 0 aromatic carbocycles. The Kier molecular flexibility index (Phi) is 5.91. The Morgan fingerprint density at radius 2 is 2.12 bits per heavy atom. The zero-order valence-corrected chi connectivity index (χ0v) is 16.0. The summed E-state index contributed by atoms with van der Waals surface area (Å²) < 4.78 is 33.1. The molecule has 3 heterocycles. The summed E-state index contributed by atoms with van der Waals surface area (Å²) in [5, 5.41) is 2.92. The van der Waals surface area contributed by atoms with Gasteiger partial charge in [-0.2, -0.15) is 17.0 Å². The Morgan fingerprint density at radius 1 is 1.38 bits per heavy atom.